The summed E-state index contributed by atoms with van der Waals surface area (Å²) in [4.78, 5) is 72.0. The minimum Gasteiger partial charge on any atom is -0.870 e. The zero-order chi connectivity index (χ0) is 42.5. The Kier molecular flexibility index (Phi) is 25.2. The largest absolute Gasteiger partial charge is 0.870 e. The van der Waals surface area contributed by atoms with Gasteiger partial charge in [0.25, 0.3) is 0 Å². The maximum Gasteiger partial charge on any atom is 0.307 e. The third-order valence-corrected chi connectivity index (χ3v) is 9.84. The Labute approximate surface area is 332 Å². The molecule has 0 aliphatic heterocycles. The van der Waals surface area contributed by atoms with Gasteiger partial charge in [0.05, 0.1) is 49.7 Å². The lowest BCUT2D eigenvalue weighted by Gasteiger charge is -2.33. The molecule has 9 N–H and O–H groups in total. The molecular weight excluding hydrogens is 754 g/mol. The number of hydrogen-bond donors (Lipinski definition) is 8. The van der Waals surface area contributed by atoms with Crippen molar-refractivity contribution in [2.75, 3.05) is 0 Å². The summed E-state index contributed by atoms with van der Waals surface area (Å²) >= 11 is 0. The zero-order valence-corrected chi connectivity index (χ0v) is 33.2. The van der Waals surface area contributed by atoms with Crippen LogP contribution in [-0.4, -0.2) is 113 Å². The molecule has 1 aromatic rings. The van der Waals surface area contributed by atoms with E-state index in [1.54, 1.807) is 37.6 Å². The van der Waals surface area contributed by atoms with Crippen molar-refractivity contribution in [2.45, 2.75) is 154 Å². The third-order valence-electron chi connectivity index (χ3n) is 9.84. The number of unbranched alkanes of at least 4 members (excludes halogenated alkanes) is 2. The van der Waals surface area contributed by atoms with E-state index in [0.29, 0.717) is 38.5 Å². The average Bonchev–Trinajstić information content (AvgIpc) is 3.09. The molecule has 0 amide bonds. The summed E-state index contributed by atoms with van der Waals surface area (Å²) in [5.74, 6) is -12.0. The number of carbonyl (C=O) groups excluding carboxylic acids is 2. The van der Waals surface area contributed by atoms with E-state index < -0.39 is 116 Å². The Morgan fingerprint density at radius 1 is 0.702 bits per heavy atom. The van der Waals surface area contributed by atoms with Crippen LogP contribution < -0.4 is 4.57 Å². The van der Waals surface area contributed by atoms with E-state index in [1.807, 2.05) is 6.92 Å². The number of pyridine rings is 1. The van der Waals surface area contributed by atoms with Gasteiger partial charge < -0.3 is 55.8 Å². The van der Waals surface area contributed by atoms with Gasteiger partial charge in [-0.05, 0) is 50.0 Å². The molecule has 18 heteroatoms. The average molecular weight is 818 g/mol. The standard InChI is InChI=1S/C39H61NO16.H2O/c1-5-6-10-24(3)37(56-36(50)20-27(39(53)54)18-34(47)48)32(55-35(49)19-26(38(51)52)17-33(45)46)16-23(2)15-28(41)11-7-8-12-29(42)21-31(44)25(4)40-14-9-13-30(43)22-40;/h9,13-14,22-29,31-32,37,41-42,44H,5-8,10-12,15-21H2,1-4H3,(H4-,43,45,46,47,48,51,52,53,54);1H2. The third kappa shape index (κ3) is 21.6. The van der Waals surface area contributed by atoms with Gasteiger partial charge in [-0.1, -0.05) is 46.5 Å². The first-order chi connectivity index (χ1) is 26.2. The Balaban J connectivity index is 0.0000314. The second-order valence-corrected chi connectivity index (χ2v) is 15.0. The number of aliphatic hydroxyl groups excluding tert-OH is 3. The molecule has 0 radical (unpaired) electrons. The van der Waals surface area contributed by atoms with Gasteiger partial charge in [0.2, 0.25) is 6.20 Å². The lowest BCUT2D eigenvalue weighted by Crippen LogP contribution is -2.44. The van der Waals surface area contributed by atoms with Gasteiger partial charge in [-0.3, -0.25) is 28.8 Å². The van der Waals surface area contributed by atoms with Crippen LogP contribution in [0.4, 0.5) is 0 Å². The van der Waals surface area contributed by atoms with Crippen molar-refractivity contribution in [3.8, 4) is 5.75 Å². The van der Waals surface area contributed by atoms with E-state index in [0.717, 1.165) is 6.42 Å². The van der Waals surface area contributed by atoms with Crippen LogP contribution in [0.5, 0.6) is 5.75 Å². The Hall–Kier alpha value is -4.39. The molecule has 1 aromatic heterocycles. The first kappa shape index (κ1) is 52.6. The van der Waals surface area contributed by atoms with Crippen LogP contribution in [0, 0.1) is 23.7 Å². The van der Waals surface area contributed by atoms with Crippen molar-refractivity contribution in [3.63, 3.8) is 0 Å². The SMILES string of the molecule is CCCCC(C)C(OC(=O)CC(CC(=O)O)C(=O)O)C(CC(C)CC(O)CCCCC(O)CC(O)C(C)[n+]1cccc(O)c1)OC(=O)CC(CC(=O)O)C(=O)O.[OH-]. The van der Waals surface area contributed by atoms with E-state index in [2.05, 4.69) is 0 Å². The molecule has 0 saturated heterocycles. The number of carbonyl (C=O) groups is 6. The number of carboxylic acid groups (broad SMARTS) is 4. The van der Waals surface area contributed by atoms with E-state index in [4.69, 9.17) is 19.7 Å². The molecule has 0 saturated carbocycles. The molecule has 326 valence electrons. The van der Waals surface area contributed by atoms with Crippen LogP contribution in [0.15, 0.2) is 24.5 Å². The molecule has 1 heterocycles. The number of hydrogen-bond acceptors (Lipinski definition) is 13. The molecule has 0 aromatic carbocycles. The van der Waals surface area contributed by atoms with Gasteiger partial charge in [-0.15, -0.1) is 0 Å². The van der Waals surface area contributed by atoms with Crippen molar-refractivity contribution < 1.29 is 89.1 Å². The van der Waals surface area contributed by atoms with Crippen molar-refractivity contribution in [1.29, 1.82) is 0 Å². The number of carboxylic acids is 4. The number of aromatic nitrogens is 1. The number of nitrogens with zero attached hydrogens (tertiary/aromatic N) is 1. The Morgan fingerprint density at radius 2 is 1.21 bits per heavy atom. The molecule has 18 nitrogen and oxygen atoms in total. The molecule has 0 aliphatic carbocycles. The lowest BCUT2D eigenvalue weighted by molar-refractivity contribution is -0.727. The second-order valence-electron chi connectivity index (χ2n) is 15.0. The lowest BCUT2D eigenvalue weighted by atomic mass is 9.87. The molecule has 1 rings (SSSR count). The van der Waals surface area contributed by atoms with Crippen LogP contribution >= 0.6 is 0 Å². The fourth-order valence-electron chi connectivity index (χ4n) is 6.59. The zero-order valence-electron chi connectivity index (χ0n) is 33.2. The predicted octanol–water partition coefficient (Wildman–Crippen LogP) is 3.29. The minimum atomic E-state index is -1.60. The number of ether oxygens (including phenoxy) is 2. The smallest absolute Gasteiger partial charge is 0.307 e. The molecule has 57 heavy (non-hydrogen) atoms. The highest BCUT2D eigenvalue weighted by atomic mass is 16.6. The number of aliphatic hydroxyl groups is 3. The normalized spacial score (nSPS) is 16.5. The monoisotopic (exact) mass is 817 g/mol. The highest BCUT2D eigenvalue weighted by Gasteiger charge is 2.37. The first-order valence-electron chi connectivity index (χ1n) is 19.3. The van der Waals surface area contributed by atoms with Crippen molar-refractivity contribution in [2.24, 2.45) is 23.7 Å². The molecule has 0 bridgehead atoms. The molecule has 10 unspecified atom stereocenters. The van der Waals surface area contributed by atoms with Crippen molar-refractivity contribution in [1.82, 2.24) is 0 Å². The van der Waals surface area contributed by atoms with Crippen LogP contribution in [-0.2, 0) is 38.2 Å². The van der Waals surface area contributed by atoms with Gasteiger partial charge in [0.15, 0.2) is 18.0 Å². The van der Waals surface area contributed by atoms with Crippen LogP contribution in [0.1, 0.15) is 124 Å². The maximum absolute atomic E-state index is 13.1. The fraction of sp³-hybridized carbons (Fsp3) is 0.718. The fourth-order valence-corrected chi connectivity index (χ4v) is 6.59. The Bertz CT molecular complexity index is 1410. The van der Waals surface area contributed by atoms with Gasteiger partial charge in [0.1, 0.15) is 18.3 Å². The quantitative estimate of drug-likeness (QED) is 0.0314. The van der Waals surface area contributed by atoms with E-state index >= 15 is 0 Å². The number of esters is 2. The molecule has 0 aliphatic rings. The van der Waals surface area contributed by atoms with Gasteiger partial charge in [-0.25, -0.2) is 0 Å². The van der Waals surface area contributed by atoms with Crippen LogP contribution in [0.2, 0.25) is 0 Å². The topological polar surface area (TPSA) is 317 Å². The van der Waals surface area contributed by atoms with Gasteiger partial charge in [0, 0.05) is 19.4 Å². The van der Waals surface area contributed by atoms with Gasteiger partial charge >= 0.3 is 35.8 Å². The Morgan fingerprint density at radius 3 is 1.68 bits per heavy atom. The second kappa shape index (κ2) is 27.3. The predicted molar refractivity (Wildman–Crippen MR) is 199 cm³/mol. The molecule has 0 spiro atoms. The minimum absolute atomic E-state index is 0. The first-order valence-corrected chi connectivity index (χ1v) is 19.3. The number of aliphatic carboxylic acids is 4. The maximum atomic E-state index is 13.1. The molecule has 10 atom stereocenters. The summed E-state index contributed by atoms with van der Waals surface area (Å²) in [6, 6.07) is 2.75. The van der Waals surface area contributed by atoms with E-state index in [-0.39, 0.29) is 36.4 Å². The highest BCUT2D eigenvalue weighted by molar-refractivity contribution is 5.83. The van der Waals surface area contributed by atoms with E-state index in [1.165, 1.54) is 12.3 Å². The van der Waals surface area contributed by atoms with Crippen molar-refractivity contribution >= 4 is 35.8 Å². The number of aromatic hydroxyl groups is 1. The summed E-state index contributed by atoms with van der Waals surface area (Å²) in [5, 5.41) is 79.0. The highest BCUT2D eigenvalue weighted by Crippen LogP contribution is 2.29. The molecule has 0 fully saturated rings. The van der Waals surface area contributed by atoms with Crippen LogP contribution in [0.3, 0.4) is 0 Å². The number of rotatable bonds is 30. The summed E-state index contributed by atoms with van der Waals surface area (Å²) < 4.78 is 13.1. The summed E-state index contributed by atoms with van der Waals surface area (Å²) in [7, 11) is 0. The summed E-state index contributed by atoms with van der Waals surface area (Å²) in [6.45, 7) is 7.18. The summed E-state index contributed by atoms with van der Waals surface area (Å²) in [5.41, 5.74) is 0. The summed E-state index contributed by atoms with van der Waals surface area (Å²) in [6.07, 6.45) is -0.991. The molecular formula is C39H63NO17. The van der Waals surface area contributed by atoms with Gasteiger partial charge in [-0.2, -0.15) is 4.57 Å². The van der Waals surface area contributed by atoms with E-state index in [9.17, 15) is 59.4 Å². The van der Waals surface area contributed by atoms with Crippen LogP contribution in [0.25, 0.3) is 0 Å². The van der Waals surface area contributed by atoms with Crippen molar-refractivity contribution in [3.05, 3.63) is 24.5 Å².